The summed E-state index contributed by atoms with van der Waals surface area (Å²) in [5.41, 5.74) is 8.85. The van der Waals surface area contributed by atoms with Crippen LogP contribution in [0.3, 0.4) is 0 Å². The molecule has 0 atom stereocenters. The summed E-state index contributed by atoms with van der Waals surface area (Å²) in [7, 11) is 0. The third-order valence-corrected chi connectivity index (χ3v) is 4.20. The molecule has 2 N–H and O–H groups in total. The molecule has 0 aliphatic heterocycles. The van der Waals surface area contributed by atoms with Crippen LogP contribution >= 0.6 is 0 Å². The SMILES string of the molecule is CCCCCCCCCCn1c(C)nc2cc(N)ccc21. The number of hydrogen-bond acceptors (Lipinski definition) is 2. The second-order valence-electron chi connectivity index (χ2n) is 6.03. The summed E-state index contributed by atoms with van der Waals surface area (Å²) in [5.74, 6) is 1.10. The van der Waals surface area contributed by atoms with Gasteiger partial charge >= 0.3 is 0 Å². The van der Waals surface area contributed by atoms with Crippen molar-refractivity contribution in [3.8, 4) is 0 Å². The van der Waals surface area contributed by atoms with Gasteiger partial charge in [-0.2, -0.15) is 0 Å². The second-order valence-corrected chi connectivity index (χ2v) is 6.03. The summed E-state index contributed by atoms with van der Waals surface area (Å²) < 4.78 is 2.33. The van der Waals surface area contributed by atoms with E-state index in [4.69, 9.17) is 5.73 Å². The molecule has 3 nitrogen and oxygen atoms in total. The van der Waals surface area contributed by atoms with Gasteiger partial charge in [-0.05, 0) is 31.5 Å². The van der Waals surface area contributed by atoms with Crippen LogP contribution in [0, 0.1) is 6.92 Å². The van der Waals surface area contributed by atoms with E-state index in [-0.39, 0.29) is 0 Å². The lowest BCUT2D eigenvalue weighted by atomic mass is 10.1. The van der Waals surface area contributed by atoms with E-state index < -0.39 is 0 Å². The van der Waals surface area contributed by atoms with Gasteiger partial charge in [-0.15, -0.1) is 0 Å². The summed E-state index contributed by atoms with van der Waals surface area (Å²) in [6.07, 6.45) is 10.8. The Hall–Kier alpha value is -1.51. The minimum Gasteiger partial charge on any atom is -0.399 e. The van der Waals surface area contributed by atoms with Gasteiger partial charge in [0.05, 0.1) is 11.0 Å². The van der Waals surface area contributed by atoms with Crippen molar-refractivity contribution in [3.05, 3.63) is 24.0 Å². The van der Waals surface area contributed by atoms with Crippen LogP contribution in [0.25, 0.3) is 11.0 Å². The Morgan fingerprint density at radius 3 is 2.38 bits per heavy atom. The van der Waals surface area contributed by atoms with Gasteiger partial charge in [-0.25, -0.2) is 4.98 Å². The number of nitrogen functional groups attached to an aromatic ring is 1. The average Bonchev–Trinajstić information content (AvgIpc) is 2.76. The van der Waals surface area contributed by atoms with E-state index in [0.717, 1.165) is 23.6 Å². The average molecular weight is 287 g/mol. The molecule has 0 saturated carbocycles. The largest absolute Gasteiger partial charge is 0.399 e. The number of unbranched alkanes of at least 4 members (excludes halogenated alkanes) is 7. The first-order valence-corrected chi connectivity index (χ1v) is 8.44. The van der Waals surface area contributed by atoms with E-state index in [1.54, 1.807) is 0 Å². The number of nitrogens with two attached hydrogens (primary N) is 1. The van der Waals surface area contributed by atoms with Crippen LogP contribution in [-0.4, -0.2) is 9.55 Å². The molecule has 1 aromatic carbocycles. The number of aryl methyl sites for hydroxylation is 2. The minimum absolute atomic E-state index is 0.791. The van der Waals surface area contributed by atoms with Crippen LogP contribution in [-0.2, 0) is 6.54 Å². The maximum Gasteiger partial charge on any atom is 0.106 e. The van der Waals surface area contributed by atoms with Crippen molar-refractivity contribution in [1.29, 1.82) is 0 Å². The molecule has 3 heteroatoms. The molecule has 21 heavy (non-hydrogen) atoms. The molecule has 0 bridgehead atoms. The van der Waals surface area contributed by atoms with Crippen LogP contribution in [0.5, 0.6) is 0 Å². The monoisotopic (exact) mass is 287 g/mol. The Balaban J connectivity index is 1.77. The van der Waals surface area contributed by atoms with E-state index in [0.29, 0.717) is 0 Å². The predicted molar refractivity (Wildman–Crippen MR) is 91.5 cm³/mol. The molecule has 0 radical (unpaired) electrons. The predicted octanol–water partition coefficient (Wildman–Crippen LogP) is 5.07. The highest BCUT2D eigenvalue weighted by Crippen LogP contribution is 2.19. The van der Waals surface area contributed by atoms with Crippen molar-refractivity contribution in [3.63, 3.8) is 0 Å². The first-order chi connectivity index (χ1) is 10.2. The number of hydrogen-bond donors (Lipinski definition) is 1. The summed E-state index contributed by atoms with van der Waals surface area (Å²) in [4.78, 5) is 4.61. The Morgan fingerprint density at radius 1 is 1.00 bits per heavy atom. The fraction of sp³-hybridized carbons (Fsp3) is 0.611. The third kappa shape index (κ3) is 4.48. The Morgan fingerprint density at radius 2 is 1.67 bits per heavy atom. The second kappa shape index (κ2) is 8.06. The Kier molecular flexibility index (Phi) is 6.09. The number of anilines is 1. The summed E-state index contributed by atoms with van der Waals surface area (Å²) >= 11 is 0. The van der Waals surface area contributed by atoms with Crippen LogP contribution in [0.4, 0.5) is 5.69 Å². The number of nitrogens with zero attached hydrogens (tertiary/aromatic N) is 2. The fourth-order valence-electron chi connectivity index (χ4n) is 2.95. The molecule has 116 valence electrons. The molecular formula is C18H29N3. The first kappa shape index (κ1) is 15.9. The van der Waals surface area contributed by atoms with Crippen molar-refractivity contribution in [1.82, 2.24) is 9.55 Å². The number of aromatic nitrogens is 2. The van der Waals surface area contributed by atoms with Gasteiger partial charge in [0.25, 0.3) is 0 Å². The standard InChI is InChI=1S/C18H29N3/c1-3-4-5-6-7-8-9-10-13-21-15(2)20-17-14-16(19)11-12-18(17)21/h11-12,14H,3-10,13,19H2,1-2H3. The van der Waals surface area contributed by atoms with E-state index in [1.165, 1.54) is 56.9 Å². The van der Waals surface area contributed by atoms with Gasteiger partial charge in [0.1, 0.15) is 5.82 Å². The van der Waals surface area contributed by atoms with Crippen molar-refractivity contribution < 1.29 is 0 Å². The normalized spacial score (nSPS) is 11.3. The van der Waals surface area contributed by atoms with Crippen molar-refractivity contribution >= 4 is 16.7 Å². The molecule has 0 aliphatic carbocycles. The maximum absolute atomic E-state index is 5.82. The first-order valence-electron chi connectivity index (χ1n) is 8.44. The molecule has 2 rings (SSSR count). The number of fused-ring (bicyclic) bond motifs is 1. The van der Waals surface area contributed by atoms with Crippen LogP contribution < -0.4 is 5.73 Å². The lowest BCUT2D eigenvalue weighted by Gasteiger charge is -2.07. The Labute approximate surface area is 128 Å². The summed E-state index contributed by atoms with van der Waals surface area (Å²) in [6.45, 7) is 5.42. The molecular weight excluding hydrogens is 258 g/mol. The summed E-state index contributed by atoms with van der Waals surface area (Å²) in [6, 6.07) is 6.02. The highest BCUT2D eigenvalue weighted by molar-refractivity contribution is 5.79. The van der Waals surface area contributed by atoms with Gasteiger partial charge < -0.3 is 10.3 Å². The molecule has 0 amide bonds. The molecule has 0 aliphatic rings. The highest BCUT2D eigenvalue weighted by atomic mass is 15.1. The third-order valence-electron chi connectivity index (χ3n) is 4.20. The maximum atomic E-state index is 5.82. The van der Waals surface area contributed by atoms with Crippen LogP contribution in [0.1, 0.15) is 64.1 Å². The van der Waals surface area contributed by atoms with Crippen molar-refractivity contribution in [2.75, 3.05) is 5.73 Å². The number of benzene rings is 1. The van der Waals surface area contributed by atoms with Crippen LogP contribution in [0.2, 0.25) is 0 Å². The fourth-order valence-corrected chi connectivity index (χ4v) is 2.95. The van der Waals surface area contributed by atoms with Crippen LogP contribution in [0.15, 0.2) is 18.2 Å². The van der Waals surface area contributed by atoms with E-state index >= 15 is 0 Å². The zero-order valence-corrected chi connectivity index (χ0v) is 13.6. The lowest BCUT2D eigenvalue weighted by molar-refractivity contribution is 0.544. The smallest absolute Gasteiger partial charge is 0.106 e. The zero-order valence-electron chi connectivity index (χ0n) is 13.6. The molecule has 0 fully saturated rings. The van der Waals surface area contributed by atoms with Crippen molar-refractivity contribution in [2.45, 2.75) is 71.8 Å². The minimum atomic E-state index is 0.791. The topological polar surface area (TPSA) is 43.8 Å². The highest BCUT2D eigenvalue weighted by Gasteiger charge is 2.06. The molecule has 2 aromatic rings. The van der Waals surface area contributed by atoms with E-state index in [2.05, 4.69) is 29.5 Å². The number of rotatable bonds is 9. The molecule has 1 heterocycles. The van der Waals surface area contributed by atoms with Gasteiger partial charge in [-0.1, -0.05) is 51.9 Å². The Bertz CT molecular complexity index is 557. The zero-order chi connectivity index (χ0) is 15.1. The molecule has 0 unspecified atom stereocenters. The molecule has 0 spiro atoms. The van der Waals surface area contributed by atoms with Gasteiger partial charge in [-0.3, -0.25) is 0 Å². The number of imidazole rings is 1. The molecule has 1 aromatic heterocycles. The van der Waals surface area contributed by atoms with Gasteiger partial charge in [0.2, 0.25) is 0 Å². The quantitative estimate of drug-likeness (QED) is 0.517. The van der Waals surface area contributed by atoms with E-state index in [1.807, 2.05) is 12.1 Å². The van der Waals surface area contributed by atoms with Gasteiger partial charge in [0, 0.05) is 12.2 Å². The van der Waals surface area contributed by atoms with E-state index in [9.17, 15) is 0 Å². The molecule has 0 saturated heterocycles. The lowest BCUT2D eigenvalue weighted by Crippen LogP contribution is -2.00. The van der Waals surface area contributed by atoms with Crippen molar-refractivity contribution in [2.24, 2.45) is 0 Å². The van der Waals surface area contributed by atoms with Gasteiger partial charge in [0.15, 0.2) is 0 Å². The summed E-state index contributed by atoms with van der Waals surface area (Å²) in [5, 5.41) is 0.